The number of H-pyrrole nitrogens is 1. The van der Waals surface area contributed by atoms with Gasteiger partial charge in [-0.3, -0.25) is 9.69 Å². The Balaban J connectivity index is 1.40. The lowest BCUT2D eigenvalue weighted by Crippen LogP contribution is -2.60. The second kappa shape index (κ2) is 6.09. The van der Waals surface area contributed by atoms with E-state index in [1.807, 2.05) is 6.33 Å². The van der Waals surface area contributed by atoms with Gasteiger partial charge in [0.25, 0.3) is 0 Å². The van der Waals surface area contributed by atoms with E-state index < -0.39 is 0 Å². The molecule has 3 fully saturated rings. The van der Waals surface area contributed by atoms with Gasteiger partial charge in [-0.25, -0.2) is 4.98 Å². The Bertz CT molecular complexity index is 638. The van der Waals surface area contributed by atoms with Gasteiger partial charge >= 0.3 is 0 Å². The zero-order valence-electron chi connectivity index (χ0n) is 15.0. The van der Waals surface area contributed by atoms with Crippen LogP contribution in [0.1, 0.15) is 49.9 Å². The first-order valence-electron chi connectivity index (χ1n) is 10.1. The van der Waals surface area contributed by atoms with Crippen molar-refractivity contribution in [3.8, 4) is 0 Å². The molecular weight excluding hydrogens is 314 g/mol. The van der Waals surface area contributed by atoms with Crippen molar-refractivity contribution in [1.82, 2.24) is 25.1 Å². The van der Waals surface area contributed by atoms with Crippen molar-refractivity contribution in [2.45, 2.75) is 56.5 Å². The summed E-state index contributed by atoms with van der Waals surface area (Å²) in [4.78, 5) is 25.9. The molecule has 1 aromatic heterocycles. The number of aromatic amines is 1. The molecule has 25 heavy (non-hydrogen) atoms. The maximum atomic E-state index is 13.0. The van der Waals surface area contributed by atoms with Gasteiger partial charge in [0.2, 0.25) is 5.91 Å². The van der Waals surface area contributed by atoms with Crippen LogP contribution in [0.2, 0.25) is 0 Å². The second-order valence-electron chi connectivity index (χ2n) is 8.31. The molecule has 1 aliphatic carbocycles. The van der Waals surface area contributed by atoms with Crippen LogP contribution in [0.25, 0.3) is 0 Å². The molecule has 0 bridgehead atoms. The van der Waals surface area contributed by atoms with Crippen LogP contribution in [0.4, 0.5) is 0 Å². The first-order chi connectivity index (χ1) is 12.3. The van der Waals surface area contributed by atoms with Crippen LogP contribution in [0.3, 0.4) is 0 Å². The van der Waals surface area contributed by atoms with E-state index in [-0.39, 0.29) is 11.5 Å². The molecule has 1 unspecified atom stereocenters. The summed E-state index contributed by atoms with van der Waals surface area (Å²) in [7, 11) is 0. The first-order valence-corrected chi connectivity index (χ1v) is 10.1. The van der Waals surface area contributed by atoms with Crippen LogP contribution in [-0.4, -0.2) is 64.4 Å². The zero-order valence-corrected chi connectivity index (χ0v) is 15.0. The molecule has 4 heterocycles. The van der Waals surface area contributed by atoms with E-state index in [1.54, 1.807) is 0 Å². The fourth-order valence-corrected chi connectivity index (χ4v) is 5.26. The zero-order chi connectivity index (χ0) is 16.9. The van der Waals surface area contributed by atoms with Crippen molar-refractivity contribution in [1.29, 1.82) is 0 Å². The molecular formula is C19H29N5O. The van der Waals surface area contributed by atoms with E-state index in [0.29, 0.717) is 11.9 Å². The predicted octanol–water partition coefficient (Wildman–Crippen LogP) is 1.25. The van der Waals surface area contributed by atoms with Crippen molar-refractivity contribution >= 4 is 5.91 Å². The molecule has 6 nitrogen and oxygen atoms in total. The van der Waals surface area contributed by atoms with E-state index >= 15 is 0 Å². The van der Waals surface area contributed by atoms with E-state index in [9.17, 15) is 4.79 Å². The lowest BCUT2D eigenvalue weighted by Gasteiger charge is -2.52. The standard InChI is InChI=1S/C19H29N5O/c25-18(14-3-4-14)24-9-5-16-17(22-13-21-16)19(24)6-10-23(11-7-19)15-2-1-8-20-12-15/h13-15,20H,1-12H2,(H,21,22). The molecule has 4 aliphatic rings. The van der Waals surface area contributed by atoms with Crippen LogP contribution < -0.4 is 5.32 Å². The van der Waals surface area contributed by atoms with Crippen LogP contribution in [0.5, 0.6) is 0 Å². The van der Waals surface area contributed by atoms with Gasteiger partial charge in [-0.2, -0.15) is 0 Å². The first kappa shape index (κ1) is 15.8. The number of rotatable bonds is 2. The SMILES string of the molecule is O=C(C1CC1)N1CCc2[nH]cnc2C12CCN(C1CCCNC1)CC2. The Morgan fingerprint density at radius 1 is 1.20 bits per heavy atom. The molecule has 2 saturated heterocycles. The Hall–Kier alpha value is -1.40. The van der Waals surface area contributed by atoms with Crippen molar-refractivity contribution < 1.29 is 4.79 Å². The lowest BCUT2D eigenvalue weighted by atomic mass is 9.78. The summed E-state index contributed by atoms with van der Waals surface area (Å²) >= 11 is 0. The smallest absolute Gasteiger partial charge is 0.226 e. The number of aromatic nitrogens is 2. The highest BCUT2D eigenvalue weighted by Gasteiger charge is 2.51. The number of nitrogens with zero attached hydrogens (tertiary/aromatic N) is 3. The highest BCUT2D eigenvalue weighted by atomic mass is 16.2. The Labute approximate surface area is 149 Å². The summed E-state index contributed by atoms with van der Waals surface area (Å²) in [5, 5.41) is 3.54. The lowest BCUT2D eigenvalue weighted by molar-refractivity contribution is -0.143. The third kappa shape index (κ3) is 2.61. The molecule has 1 atom stereocenters. The van der Waals surface area contributed by atoms with Gasteiger partial charge in [0.15, 0.2) is 0 Å². The van der Waals surface area contributed by atoms with Crippen LogP contribution in [0, 0.1) is 5.92 Å². The molecule has 136 valence electrons. The summed E-state index contributed by atoms with van der Waals surface area (Å²) in [6.45, 7) is 5.29. The van der Waals surface area contributed by atoms with E-state index in [0.717, 1.165) is 70.5 Å². The van der Waals surface area contributed by atoms with Crippen molar-refractivity contribution in [2.24, 2.45) is 5.92 Å². The molecule has 0 aromatic carbocycles. The Morgan fingerprint density at radius 3 is 2.76 bits per heavy atom. The van der Waals surface area contributed by atoms with Gasteiger partial charge in [0, 0.05) is 50.3 Å². The van der Waals surface area contributed by atoms with Crippen molar-refractivity contribution in [2.75, 3.05) is 32.7 Å². The molecule has 0 radical (unpaired) electrons. The highest BCUT2D eigenvalue weighted by Crippen LogP contribution is 2.45. The summed E-state index contributed by atoms with van der Waals surface area (Å²) in [6, 6.07) is 0.668. The quantitative estimate of drug-likeness (QED) is 0.848. The fraction of sp³-hybridized carbons (Fsp3) is 0.789. The minimum Gasteiger partial charge on any atom is -0.348 e. The van der Waals surface area contributed by atoms with Gasteiger partial charge in [-0.05, 0) is 45.1 Å². The Morgan fingerprint density at radius 2 is 2.04 bits per heavy atom. The number of hydrogen-bond acceptors (Lipinski definition) is 4. The molecule has 1 aromatic rings. The molecule has 1 amide bonds. The molecule has 2 N–H and O–H groups in total. The highest BCUT2D eigenvalue weighted by molar-refractivity contribution is 5.82. The number of carbonyl (C=O) groups excluding carboxylic acids is 1. The van der Waals surface area contributed by atoms with Crippen molar-refractivity contribution in [3.63, 3.8) is 0 Å². The van der Waals surface area contributed by atoms with Gasteiger partial charge in [-0.1, -0.05) is 0 Å². The maximum absolute atomic E-state index is 13.0. The van der Waals surface area contributed by atoms with Crippen molar-refractivity contribution in [3.05, 3.63) is 17.7 Å². The summed E-state index contributed by atoms with van der Waals surface area (Å²) < 4.78 is 0. The Kier molecular flexibility index (Phi) is 3.86. The average molecular weight is 343 g/mol. The third-order valence-corrected chi connectivity index (χ3v) is 6.87. The molecule has 5 rings (SSSR count). The van der Waals surface area contributed by atoms with Gasteiger partial charge < -0.3 is 15.2 Å². The molecule has 1 saturated carbocycles. The maximum Gasteiger partial charge on any atom is 0.226 e. The molecule has 6 heteroatoms. The number of carbonyl (C=O) groups is 1. The monoisotopic (exact) mass is 343 g/mol. The average Bonchev–Trinajstić information content (AvgIpc) is 3.40. The summed E-state index contributed by atoms with van der Waals surface area (Å²) in [5.41, 5.74) is 2.26. The number of likely N-dealkylation sites (tertiary alicyclic amines) is 1. The number of imidazole rings is 1. The summed E-state index contributed by atoms with van der Waals surface area (Å²) in [5.74, 6) is 0.680. The topological polar surface area (TPSA) is 64.3 Å². The number of amides is 1. The minimum absolute atomic E-state index is 0.161. The van der Waals surface area contributed by atoms with Crippen LogP contribution >= 0.6 is 0 Å². The summed E-state index contributed by atoms with van der Waals surface area (Å²) in [6.07, 6.45) is 9.55. The molecule has 3 aliphatic heterocycles. The number of nitrogens with one attached hydrogen (secondary N) is 2. The fourth-order valence-electron chi connectivity index (χ4n) is 5.26. The second-order valence-corrected chi connectivity index (χ2v) is 8.31. The minimum atomic E-state index is -0.161. The van der Waals surface area contributed by atoms with E-state index in [4.69, 9.17) is 4.98 Å². The van der Waals surface area contributed by atoms with E-state index in [2.05, 4.69) is 20.1 Å². The number of fused-ring (bicyclic) bond motifs is 2. The van der Waals surface area contributed by atoms with E-state index in [1.165, 1.54) is 18.5 Å². The number of hydrogen-bond donors (Lipinski definition) is 2. The predicted molar refractivity (Wildman–Crippen MR) is 95.1 cm³/mol. The van der Waals surface area contributed by atoms with Gasteiger partial charge in [0.1, 0.15) is 0 Å². The van der Waals surface area contributed by atoms with Crippen LogP contribution in [-0.2, 0) is 16.8 Å². The number of piperidine rings is 2. The normalized spacial score (nSPS) is 29.6. The van der Waals surface area contributed by atoms with Gasteiger partial charge in [-0.15, -0.1) is 0 Å². The third-order valence-electron chi connectivity index (χ3n) is 6.87. The van der Waals surface area contributed by atoms with Gasteiger partial charge in [0.05, 0.1) is 17.6 Å². The van der Waals surface area contributed by atoms with Crippen LogP contribution in [0.15, 0.2) is 6.33 Å². The molecule has 1 spiro atoms. The largest absolute Gasteiger partial charge is 0.348 e.